The van der Waals surface area contributed by atoms with E-state index in [4.69, 9.17) is 16.7 Å². The molecule has 0 saturated carbocycles. The first-order chi connectivity index (χ1) is 9.90. The summed E-state index contributed by atoms with van der Waals surface area (Å²) >= 11 is 5.82. The van der Waals surface area contributed by atoms with Crippen LogP contribution in [0.4, 0.5) is 10.1 Å². The second-order valence-corrected chi connectivity index (χ2v) is 4.49. The third-order valence-electron chi connectivity index (χ3n) is 2.68. The summed E-state index contributed by atoms with van der Waals surface area (Å²) in [5.41, 5.74) is -0.953. The van der Waals surface area contributed by atoms with E-state index in [9.17, 15) is 19.1 Å². The minimum absolute atomic E-state index is 0.0403. The first-order valence-corrected chi connectivity index (χ1v) is 6.09. The lowest BCUT2D eigenvalue weighted by Gasteiger charge is -2.10. The lowest BCUT2D eigenvalue weighted by Crippen LogP contribution is -2.16. The number of hydrogen-bond acceptors (Lipinski definition) is 3. The van der Waals surface area contributed by atoms with Gasteiger partial charge in [-0.15, -0.1) is 0 Å². The number of halogens is 2. The molecule has 0 spiro atoms. The largest absolute Gasteiger partial charge is 0.508 e. The van der Waals surface area contributed by atoms with Crippen molar-refractivity contribution in [3.63, 3.8) is 0 Å². The van der Waals surface area contributed by atoms with Crippen molar-refractivity contribution in [2.45, 2.75) is 0 Å². The van der Waals surface area contributed by atoms with Gasteiger partial charge in [-0.25, -0.2) is 9.18 Å². The Bertz CT molecular complexity index is 733. The van der Waals surface area contributed by atoms with Crippen LogP contribution in [0.15, 0.2) is 36.4 Å². The van der Waals surface area contributed by atoms with Gasteiger partial charge in [-0.1, -0.05) is 17.7 Å². The number of aromatic carboxylic acids is 1. The molecule has 3 N–H and O–H groups in total. The van der Waals surface area contributed by atoms with E-state index >= 15 is 0 Å². The number of carboxylic acids is 1. The fourth-order valence-electron chi connectivity index (χ4n) is 1.70. The average molecular weight is 310 g/mol. The Balaban J connectivity index is 2.41. The van der Waals surface area contributed by atoms with Crippen molar-refractivity contribution >= 4 is 29.2 Å². The van der Waals surface area contributed by atoms with Gasteiger partial charge in [0.25, 0.3) is 5.91 Å². The first-order valence-electron chi connectivity index (χ1n) is 5.72. The predicted molar refractivity (Wildman–Crippen MR) is 74.4 cm³/mol. The second-order valence-electron chi connectivity index (χ2n) is 4.09. The minimum atomic E-state index is -1.38. The van der Waals surface area contributed by atoms with Gasteiger partial charge in [-0.3, -0.25) is 4.79 Å². The highest BCUT2D eigenvalue weighted by atomic mass is 35.5. The molecular weight excluding hydrogens is 301 g/mol. The van der Waals surface area contributed by atoms with E-state index in [1.165, 1.54) is 18.2 Å². The molecule has 0 aliphatic carbocycles. The first kappa shape index (κ1) is 14.8. The molecule has 0 aliphatic rings. The van der Waals surface area contributed by atoms with E-state index in [2.05, 4.69) is 5.32 Å². The van der Waals surface area contributed by atoms with Crippen LogP contribution in [0.1, 0.15) is 20.7 Å². The summed E-state index contributed by atoms with van der Waals surface area (Å²) in [6, 6.07) is 7.07. The van der Waals surface area contributed by atoms with Crippen LogP contribution in [0.2, 0.25) is 5.02 Å². The van der Waals surface area contributed by atoms with Crippen molar-refractivity contribution in [1.82, 2.24) is 0 Å². The summed E-state index contributed by atoms with van der Waals surface area (Å²) in [4.78, 5) is 23.1. The molecule has 2 rings (SSSR count). The van der Waals surface area contributed by atoms with Crippen LogP contribution in [0.5, 0.6) is 5.75 Å². The molecular formula is C14H9ClFNO4. The number of phenols is 1. The maximum atomic E-state index is 13.7. The van der Waals surface area contributed by atoms with Gasteiger partial charge in [0.15, 0.2) is 0 Å². The number of aromatic hydroxyl groups is 1. The molecule has 2 aromatic rings. The number of carboxylic acid groups (broad SMARTS) is 1. The number of rotatable bonds is 3. The molecule has 0 heterocycles. The standard InChI is InChI=1S/C14H9ClFNO4/c15-10-5-4-7(18)6-9(10)13(19)17-12-8(14(20)21)2-1-3-11(12)16/h1-6,18H,(H,17,19)(H,20,21). The summed E-state index contributed by atoms with van der Waals surface area (Å²) in [6.45, 7) is 0. The Hall–Kier alpha value is -2.60. The molecule has 0 fully saturated rings. The monoisotopic (exact) mass is 309 g/mol. The molecule has 2 aromatic carbocycles. The number of amides is 1. The third-order valence-corrected chi connectivity index (χ3v) is 3.01. The summed E-state index contributed by atoms with van der Waals surface area (Å²) in [6.07, 6.45) is 0. The number of hydrogen-bond donors (Lipinski definition) is 3. The normalized spacial score (nSPS) is 10.2. The maximum absolute atomic E-state index is 13.7. The van der Waals surface area contributed by atoms with Crippen molar-refractivity contribution in [3.05, 3.63) is 58.4 Å². The van der Waals surface area contributed by atoms with E-state index in [0.29, 0.717) is 0 Å². The van der Waals surface area contributed by atoms with Crippen LogP contribution in [0, 0.1) is 5.82 Å². The van der Waals surface area contributed by atoms with Gasteiger partial charge in [0.05, 0.1) is 21.8 Å². The Morgan fingerprint density at radius 1 is 1.14 bits per heavy atom. The summed E-state index contributed by atoms with van der Waals surface area (Å²) < 4.78 is 13.7. The topological polar surface area (TPSA) is 86.6 Å². The summed E-state index contributed by atoms with van der Waals surface area (Å²) in [7, 11) is 0. The van der Waals surface area contributed by atoms with Crippen LogP contribution < -0.4 is 5.32 Å². The van der Waals surface area contributed by atoms with E-state index in [-0.39, 0.29) is 21.9 Å². The van der Waals surface area contributed by atoms with Crippen LogP contribution in [-0.4, -0.2) is 22.1 Å². The number of carbonyl (C=O) groups is 2. The highest BCUT2D eigenvalue weighted by molar-refractivity contribution is 6.34. The molecule has 0 aliphatic heterocycles. The van der Waals surface area contributed by atoms with Crippen molar-refractivity contribution < 1.29 is 24.2 Å². The number of anilines is 1. The fraction of sp³-hybridized carbons (Fsp3) is 0. The van der Waals surface area contributed by atoms with Gasteiger partial charge in [-0.05, 0) is 30.3 Å². The zero-order valence-electron chi connectivity index (χ0n) is 10.4. The maximum Gasteiger partial charge on any atom is 0.337 e. The molecule has 108 valence electrons. The van der Waals surface area contributed by atoms with Crippen LogP contribution in [0.3, 0.4) is 0 Å². The van der Waals surface area contributed by atoms with Gasteiger partial charge in [0.1, 0.15) is 11.6 Å². The molecule has 0 unspecified atom stereocenters. The van der Waals surface area contributed by atoms with Crippen LogP contribution in [-0.2, 0) is 0 Å². The quantitative estimate of drug-likeness (QED) is 0.813. The Morgan fingerprint density at radius 3 is 2.52 bits per heavy atom. The highest BCUT2D eigenvalue weighted by Gasteiger charge is 2.19. The second kappa shape index (κ2) is 5.80. The van der Waals surface area contributed by atoms with E-state index in [0.717, 1.165) is 18.2 Å². The smallest absolute Gasteiger partial charge is 0.337 e. The minimum Gasteiger partial charge on any atom is -0.508 e. The zero-order chi connectivity index (χ0) is 15.6. The molecule has 5 nitrogen and oxygen atoms in total. The average Bonchev–Trinajstić information content (AvgIpc) is 2.43. The SMILES string of the molecule is O=C(Nc1c(F)cccc1C(=O)O)c1cc(O)ccc1Cl. The molecule has 1 amide bonds. The number of carbonyl (C=O) groups excluding carboxylic acids is 1. The van der Waals surface area contributed by atoms with Crippen molar-refractivity contribution in [1.29, 1.82) is 0 Å². The summed E-state index contributed by atoms with van der Waals surface area (Å²) in [5.74, 6) is -3.30. The molecule has 0 atom stereocenters. The molecule has 7 heteroatoms. The van der Waals surface area contributed by atoms with Gasteiger partial charge in [-0.2, -0.15) is 0 Å². The predicted octanol–water partition coefficient (Wildman–Crippen LogP) is 3.14. The number of para-hydroxylation sites is 1. The Kier molecular flexibility index (Phi) is 4.09. The van der Waals surface area contributed by atoms with Gasteiger partial charge in [0, 0.05) is 0 Å². The molecule has 0 radical (unpaired) electrons. The van der Waals surface area contributed by atoms with Crippen LogP contribution in [0.25, 0.3) is 0 Å². The Labute approximate surface area is 123 Å². The summed E-state index contributed by atoms with van der Waals surface area (Å²) in [5, 5.41) is 20.5. The Morgan fingerprint density at radius 2 is 1.86 bits per heavy atom. The van der Waals surface area contributed by atoms with E-state index in [1.54, 1.807) is 0 Å². The lowest BCUT2D eigenvalue weighted by atomic mass is 10.1. The number of nitrogens with one attached hydrogen (secondary N) is 1. The lowest BCUT2D eigenvalue weighted by molar-refractivity contribution is 0.0697. The van der Waals surface area contributed by atoms with E-state index < -0.39 is 23.4 Å². The van der Waals surface area contributed by atoms with Gasteiger partial charge >= 0.3 is 5.97 Å². The van der Waals surface area contributed by atoms with Crippen LogP contribution >= 0.6 is 11.6 Å². The molecule has 21 heavy (non-hydrogen) atoms. The molecule has 0 aromatic heterocycles. The van der Waals surface area contributed by atoms with Gasteiger partial charge in [0.2, 0.25) is 0 Å². The zero-order valence-corrected chi connectivity index (χ0v) is 11.2. The van der Waals surface area contributed by atoms with Crippen molar-refractivity contribution in [2.24, 2.45) is 0 Å². The van der Waals surface area contributed by atoms with Gasteiger partial charge < -0.3 is 15.5 Å². The van der Waals surface area contributed by atoms with Crippen molar-refractivity contribution in [2.75, 3.05) is 5.32 Å². The number of phenolic OH excluding ortho intramolecular Hbond substituents is 1. The molecule has 0 bridgehead atoms. The fourth-order valence-corrected chi connectivity index (χ4v) is 1.90. The van der Waals surface area contributed by atoms with Crippen molar-refractivity contribution in [3.8, 4) is 5.75 Å². The third kappa shape index (κ3) is 3.11. The molecule has 0 saturated heterocycles. The number of benzene rings is 2. The highest BCUT2D eigenvalue weighted by Crippen LogP contribution is 2.25. The van der Waals surface area contributed by atoms with E-state index in [1.807, 2.05) is 0 Å².